The molecule has 8 heterocycles. The Morgan fingerprint density at radius 2 is 0.618 bits per heavy atom. The minimum Gasteiger partial charge on any atom is -0.374 e. The minimum atomic E-state index is -4.99. The molecule has 9 aliphatic rings. The van der Waals surface area contributed by atoms with Gasteiger partial charge in [0.15, 0.2) is 30.9 Å². The molecule has 20 atom stereocenters. The molecule has 17 rings (SSSR count). The molecule has 0 saturated carbocycles. The molecular formula is C103H102F26N4O11. The molecular weight excluding hydrogens is 1960 g/mol. The number of benzene rings is 8. The summed E-state index contributed by atoms with van der Waals surface area (Å²) in [6.07, 6.45) is -45.1. The standard InChI is InChI=1S/C29H29F6NO3.2C25H24F7NO3.C24H25F6NO2/c1-16-5-3-4-6-24(16)26-25-14-36(22-7-8-23(37)12-22)13-19(25)15-38-27(26)39-17(2)18-9-20(28(30,31)32)11-21(10-18)29(33,34)35;2*1-13(16-7-18(24(27,28)29)9-19(8-16)25(30,31)32)36-23-22(15-3-5-20(26)6-4-15)21-11-33(14(2)34)10-17(21)12-35-23;1-13-5-3-4-6-19(13)21-20-11-31-10-16(20)12-32-22(21)33-14(2)15-7-17(23(25,26)27)9-18(8-15)24(28,29)30/h3-6,9-12,17,19,25-27H,7-8,13-15H2,1-2H3;2*3-9,13,17,21-23H,10-12H2,1-2H3;3-9,14,16,20-22,31H,10-12H2,1-2H3/t17-,19+,25-,26+,27-;13-,17+,21-,22+,23-;13-,17-,21-,22+,23-;14-,16+,20-,21+,22-/m1111/s1. The smallest absolute Gasteiger partial charge is 0.374 e. The summed E-state index contributed by atoms with van der Waals surface area (Å²) in [4.78, 5) is 41.3. The summed E-state index contributed by atoms with van der Waals surface area (Å²) in [6, 6.07) is 32.3. The summed E-state index contributed by atoms with van der Waals surface area (Å²) in [5.41, 5.74) is -6.02. The first kappa shape index (κ1) is 109. The molecule has 144 heavy (non-hydrogen) atoms. The zero-order valence-corrected chi connectivity index (χ0v) is 78.3. The predicted molar refractivity (Wildman–Crippen MR) is 468 cm³/mol. The van der Waals surface area contributed by atoms with Crippen molar-refractivity contribution in [3.63, 3.8) is 0 Å². The Morgan fingerprint density at radius 3 is 0.903 bits per heavy atom. The lowest BCUT2D eigenvalue weighted by atomic mass is 9.76. The van der Waals surface area contributed by atoms with Gasteiger partial charge in [0.05, 0.1) is 95.4 Å². The zero-order chi connectivity index (χ0) is 105. The highest BCUT2D eigenvalue weighted by Crippen LogP contribution is 2.54. The third-order valence-corrected chi connectivity index (χ3v) is 28.3. The number of rotatable bonds is 17. The third-order valence-electron chi connectivity index (χ3n) is 28.3. The SMILES string of the molecule is CC(=O)N1C[C@@H]2CO[C@H](O[C@H](C)c3cc(C(F)(F)F)cc(C(F)(F)F)c3)[C@@H](c3ccc(F)cc3)[C@@H]2C1.CC(=O)N1C[C@H]2CO[C@H](O[C@H](C)c3cc(C(F)(F)F)cc(C(F)(F)F)c3)[C@@H](c3ccc(F)cc3)[C@@H]2C1.Cc1ccccc1[C@@H]1[C@@H](O[C@H](C)c2cc(C(F)(F)F)cc(C(F)(F)F)c2)OC[C@@H]2CN(C3=CC(=O)CC3)C[C@H]21.Cc1ccccc1[C@@H]1[C@@H](O[C@H](C)c2cc(C(F)(F)F)cc(C(F)(F)F)c2)OC[C@@H]2CNC[C@H]21. The fraction of sp³-hybridized carbons (Fsp3) is 0.485. The van der Waals surface area contributed by atoms with E-state index in [0.717, 1.165) is 41.0 Å². The van der Waals surface area contributed by atoms with Crippen LogP contribution in [-0.2, 0) is 102 Å². The molecule has 0 spiro atoms. The molecule has 1 N–H and O–H groups in total. The highest BCUT2D eigenvalue weighted by molar-refractivity contribution is 5.92. The number of nitrogens with zero attached hydrogens (tertiary/aromatic N) is 3. The Bertz CT molecular complexity index is 5560. The van der Waals surface area contributed by atoms with Crippen molar-refractivity contribution in [1.82, 2.24) is 20.0 Å². The number of nitrogens with one attached hydrogen (secondary N) is 1. The summed E-state index contributed by atoms with van der Waals surface area (Å²) in [7, 11) is 0. The number of alkyl halides is 24. The highest BCUT2D eigenvalue weighted by Gasteiger charge is 2.54. The molecule has 2 amide bonds. The molecule has 1 aliphatic carbocycles. The van der Waals surface area contributed by atoms with E-state index < -0.39 is 167 Å². The largest absolute Gasteiger partial charge is 0.416 e. The van der Waals surface area contributed by atoms with Crippen LogP contribution in [0.15, 0.2) is 182 Å². The lowest BCUT2D eigenvalue weighted by molar-refractivity contribution is -0.217. The molecule has 8 fully saturated rings. The normalized spacial score (nSPS) is 26.1. The van der Waals surface area contributed by atoms with Crippen molar-refractivity contribution < 1.29 is 166 Å². The first-order valence-electron chi connectivity index (χ1n) is 46.3. The maximum atomic E-state index is 13.6. The Morgan fingerprint density at radius 1 is 0.340 bits per heavy atom. The van der Waals surface area contributed by atoms with E-state index in [4.69, 9.17) is 37.9 Å². The van der Waals surface area contributed by atoms with Crippen molar-refractivity contribution in [3.8, 4) is 0 Å². The van der Waals surface area contributed by atoms with Crippen molar-refractivity contribution >= 4 is 17.6 Å². The number of hydrogen-bond donors (Lipinski definition) is 1. The zero-order valence-electron chi connectivity index (χ0n) is 78.3. The summed E-state index contributed by atoms with van der Waals surface area (Å²) in [5.74, 6) is -2.44. The highest BCUT2D eigenvalue weighted by atomic mass is 19.4. The van der Waals surface area contributed by atoms with E-state index in [0.29, 0.717) is 125 Å². The number of amides is 2. The van der Waals surface area contributed by atoms with Crippen LogP contribution in [0.4, 0.5) is 114 Å². The van der Waals surface area contributed by atoms with Gasteiger partial charge in [-0.15, -0.1) is 0 Å². The molecule has 782 valence electrons. The topological polar surface area (TPSA) is 147 Å². The molecule has 0 aromatic heterocycles. The Kier molecular flexibility index (Phi) is 32.9. The summed E-state index contributed by atoms with van der Waals surface area (Å²) < 4.78 is 396. The lowest BCUT2D eigenvalue weighted by Crippen LogP contribution is -2.42. The van der Waals surface area contributed by atoms with Crippen LogP contribution < -0.4 is 5.32 Å². The number of carbonyl (C=O) groups is 3. The second kappa shape index (κ2) is 43.3. The number of ether oxygens (including phenoxy) is 8. The van der Waals surface area contributed by atoms with Gasteiger partial charge < -0.3 is 57.9 Å². The van der Waals surface area contributed by atoms with Gasteiger partial charge in [-0.25, -0.2) is 8.78 Å². The van der Waals surface area contributed by atoms with E-state index >= 15 is 0 Å². The van der Waals surface area contributed by atoms with Gasteiger partial charge in [0, 0.05) is 119 Å². The second-order valence-electron chi connectivity index (χ2n) is 37.9. The maximum absolute atomic E-state index is 13.6. The number of allylic oxidation sites excluding steroid dienone is 2. The Hall–Kier alpha value is -10.3. The first-order chi connectivity index (χ1) is 67.2. The monoisotopic (exact) mass is 2060 g/mol. The van der Waals surface area contributed by atoms with Crippen molar-refractivity contribution in [2.45, 2.75) is 191 Å². The molecule has 8 aromatic rings. The number of carbonyl (C=O) groups excluding carboxylic acids is 3. The molecule has 0 bridgehead atoms. The average Bonchev–Trinajstić information content (AvgIpc) is 1.61. The third kappa shape index (κ3) is 25.9. The van der Waals surface area contributed by atoms with E-state index in [1.165, 1.54) is 90.1 Å². The van der Waals surface area contributed by atoms with Gasteiger partial charge in [-0.05, 0) is 237 Å². The van der Waals surface area contributed by atoms with Crippen molar-refractivity contribution in [2.75, 3.05) is 78.8 Å². The van der Waals surface area contributed by atoms with Crippen molar-refractivity contribution in [1.29, 1.82) is 0 Å². The van der Waals surface area contributed by atoms with Gasteiger partial charge in [-0.2, -0.15) is 105 Å². The van der Waals surface area contributed by atoms with Crippen LogP contribution >= 0.6 is 0 Å². The van der Waals surface area contributed by atoms with E-state index in [1.54, 1.807) is 15.9 Å². The van der Waals surface area contributed by atoms with Crippen LogP contribution in [0.3, 0.4) is 0 Å². The van der Waals surface area contributed by atoms with E-state index in [-0.39, 0.29) is 137 Å². The van der Waals surface area contributed by atoms with Crippen LogP contribution in [0.5, 0.6) is 0 Å². The van der Waals surface area contributed by atoms with Gasteiger partial charge in [-0.3, -0.25) is 14.4 Å². The van der Waals surface area contributed by atoms with Gasteiger partial charge in [0.1, 0.15) is 11.6 Å². The fourth-order valence-corrected chi connectivity index (χ4v) is 20.8. The lowest BCUT2D eigenvalue weighted by Gasteiger charge is -2.41. The minimum absolute atomic E-state index is 0.0514. The van der Waals surface area contributed by atoms with Crippen molar-refractivity contribution in [3.05, 3.63) is 293 Å². The van der Waals surface area contributed by atoms with Gasteiger partial charge in [-0.1, -0.05) is 72.8 Å². The summed E-state index contributed by atoms with van der Waals surface area (Å²) in [6.45, 7) is 18.0. The van der Waals surface area contributed by atoms with E-state index in [9.17, 15) is 129 Å². The summed E-state index contributed by atoms with van der Waals surface area (Å²) in [5, 5.41) is 3.35. The molecule has 0 radical (unpaired) electrons. The number of hydrogen-bond acceptors (Lipinski definition) is 13. The van der Waals surface area contributed by atoms with E-state index in [1.807, 2.05) is 62.4 Å². The van der Waals surface area contributed by atoms with Gasteiger partial charge in [0.2, 0.25) is 11.8 Å². The first-order valence-corrected chi connectivity index (χ1v) is 46.3. The van der Waals surface area contributed by atoms with Crippen LogP contribution in [0.1, 0.15) is 203 Å². The second-order valence-corrected chi connectivity index (χ2v) is 37.9. The molecule has 0 unspecified atom stereocenters. The fourth-order valence-electron chi connectivity index (χ4n) is 20.8. The molecule has 41 heteroatoms. The summed E-state index contributed by atoms with van der Waals surface area (Å²) >= 11 is 0. The molecule has 8 aromatic carbocycles. The van der Waals surface area contributed by atoms with Crippen LogP contribution in [-0.4, -0.2) is 136 Å². The molecule has 8 saturated heterocycles. The van der Waals surface area contributed by atoms with E-state index in [2.05, 4.69) is 10.2 Å². The van der Waals surface area contributed by atoms with Crippen molar-refractivity contribution in [2.24, 2.45) is 47.3 Å². The van der Waals surface area contributed by atoms with Crippen LogP contribution in [0.25, 0.3) is 0 Å². The van der Waals surface area contributed by atoms with Crippen LogP contribution in [0.2, 0.25) is 0 Å². The number of likely N-dealkylation sites (tertiary alicyclic amines) is 3. The Balaban J connectivity index is 0.000000152. The Labute approximate surface area is 811 Å². The molecule has 15 nitrogen and oxygen atoms in total. The maximum Gasteiger partial charge on any atom is 0.416 e. The van der Waals surface area contributed by atoms with Gasteiger partial charge in [0.25, 0.3) is 0 Å². The van der Waals surface area contributed by atoms with Crippen LogP contribution in [0, 0.1) is 72.8 Å². The number of halogens is 26. The van der Waals surface area contributed by atoms with Gasteiger partial charge >= 0.3 is 49.4 Å². The number of fused-ring (bicyclic) bond motifs is 4. The molecule has 8 aliphatic heterocycles. The quantitative estimate of drug-likeness (QED) is 0.0864. The average molecular weight is 2070 g/mol. The number of ketones is 1. The number of aryl methyl sites for hydroxylation is 2. The predicted octanol–water partition coefficient (Wildman–Crippen LogP) is 25.5.